The van der Waals surface area contributed by atoms with Crippen molar-refractivity contribution in [1.29, 1.82) is 0 Å². The molecule has 2 aromatic rings. The molecule has 3 rings (SSSR count). The standard InChI is InChI=1S/C16H18N4O5S/c21-14-13(10-17-16(23)18-14)26(24,25)19-12-7-3-2-6-11(12)15(22)20-8-4-1-5-9-20/h2-3,6-7,10,19H,1,4-5,8-9H2,(H2,17,18,21,23). The van der Waals surface area contributed by atoms with Crippen LogP contribution in [0.1, 0.15) is 29.6 Å². The fraction of sp³-hybridized carbons (Fsp3) is 0.312. The highest BCUT2D eigenvalue weighted by molar-refractivity contribution is 7.92. The molecule has 3 N–H and O–H groups in total. The van der Waals surface area contributed by atoms with Gasteiger partial charge in [0.2, 0.25) is 0 Å². The van der Waals surface area contributed by atoms with Crippen LogP contribution in [0.4, 0.5) is 5.69 Å². The number of H-pyrrole nitrogens is 2. The molecule has 0 saturated carbocycles. The molecule has 1 fully saturated rings. The Morgan fingerprint density at radius 1 is 1.08 bits per heavy atom. The summed E-state index contributed by atoms with van der Waals surface area (Å²) in [6.45, 7) is 1.25. The second kappa shape index (κ2) is 7.16. The number of nitrogens with zero attached hydrogens (tertiary/aromatic N) is 1. The van der Waals surface area contributed by atoms with Gasteiger partial charge >= 0.3 is 5.69 Å². The lowest BCUT2D eigenvalue weighted by molar-refractivity contribution is 0.0725. The van der Waals surface area contributed by atoms with Gasteiger partial charge in [-0.15, -0.1) is 0 Å². The number of carbonyl (C=O) groups excluding carboxylic acids is 1. The third kappa shape index (κ3) is 3.69. The number of hydrogen-bond acceptors (Lipinski definition) is 5. The van der Waals surface area contributed by atoms with E-state index in [-0.39, 0.29) is 17.2 Å². The Balaban J connectivity index is 1.94. The molecule has 0 unspecified atom stereocenters. The number of nitrogens with one attached hydrogen (secondary N) is 3. The quantitative estimate of drug-likeness (QED) is 0.712. The fourth-order valence-electron chi connectivity index (χ4n) is 2.82. The smallest absolute Gasteiger partial charge is 0.325 e. The van der Waals surface area contributed by atoms with E-state index in [1.807, 2.05) is 4.98 Å². The molecule has 138 valence electrons. The summed E-state index contributed by atoms with van der Waals surface area (Å²) in [4.78, 5) is 40.6. The third-order valence-corrected chi connectivity index (χ3v) is 5.49. The van der Waals surface area contributed by atoms with Gasteiger partial charge in [0.05, 0.1) is 11.3 Å². The van der Waals surface area contributed by atoms with Gasteiger partial charge in [-0.1, -0.05) is 12.1 Å². The maximum atomic E-state index is 12.7. The molecule has 0 radical (unpaired) electrons. The Morgan fingerprint density at radius 3 is 2.46 bits per heavy atom. The highest BCUT2D eigenvalue weighted by Crippen LogP contribution is 2.22. The average Bonchev–Trinajstić information content (AvgIpc) is 2.61. The molecule has 1 amide bonds. The minimum absolute atomic E-state index is 0.0775. The lowest BCUT2D eigenvalue weighted by Gasteiger charge is -2.27. The number of carbonyl (C=O) groups is 1. The molecule has 1 aromatic heterocycles. The normalized spacial score (nSPS) is 14.8. The number of para-hydroxylation sites is 1. The van der Waals surface area contributed by atoms with Crippen molar-refractivity contribution in [3.05, 3.63) is 56.9 Å². The second-order valence-electron chi connectivity index (χ2n) is 5.94. The van der Waals surface area contributed by atoms with Crippen LogP contribution < -0.4 is 16.0 Å². The number of hydrogen-bond donors (Lipinski definition) is 3. The lowest BCUT2D eigenvalue weighted by atomic mass is 10.1. The van der Waals surface area contributed by atoms with E-state index in [9.17, 15) is 22.8 Å². The summed E-state index contributed by atoms with van der Waals surface area (Å²) in [5.41, 5.74) is -1.57. The minimum atomic E-state index is -4.28. The molecule has 26 heavy (non-hydrogen) atoms. The van der Waals surface area contributed by atoms with E-state index >= 15 is 0 Å². The van der Waals surface area contributed by atoms with Crippen molar-refractivity contribution in [2.75, 3.05) is 17.8 Å². The number of piperidine rings is 1. The van der Waals surface area contributed by atoms with Crippen molar-refractivity contribution in [3.63, 3.8) is 0 Å². The van der Waals surface area contributed by atoms with Crippen LogP contribution in [0.5, 0.6) is 0 Å². The van der Waals surface area contributed by atoms with Gasteiger partial charge in [-0.05, 0) is 31.4 Å². The number of aromatic amines is 2. The van der Waals surface area contributed by atoms with Crippen LogP contribution in [0.2, 0.25) is 0 Å². The third-order valence-electron chi connectivity index (χ3n) is 4.12. The van der Waals surface area contributed by atoms with Crippen molar-refractivity contribution in [2.24, 2.45) is 0 Å². The SMILES string of the molecule is O=C(c1ccccc1NS(=O)(=O)c1c[nH]c(=O)[nH]c1=O)N1CCCCC1. The van der Waals surface area contributed by atoms with Gasteiger partial charge in [0.15, 0.2) is 4.90 Å². The highest BCUT2D eigenvalue weighted by Gasteiger charge is 2.24. The molecule has 1 saturated heterocycles. The lowest BCUT2D eigenvalue weighted by Crippen LogP contribution is -2.36. The summed E-state index contributed by atoms with van der Waals surface area (Å²) >= 11 is 0. The van der Waals surface area contributed by atoms with Crippen molar-refractivity contribution in [1.82, 2.24) is 14.9 Å². The summed E-state index contributed by atoms with van der Waals surface area (Å²) < 4.78 is 27.3. The number of anilines is 1. The van der Waals surface area contributed by atoms with Crippen LogP contribution in [0.15, 0.2) is 44.9 Å². The van der Waals surface area contributed by atoms with Crippen LogP contribution in [0, 0.1) is 0 Å². The highest BCUT2D eigenvalue weighted by atomic mass is 32.2. The van der Waals surface area contributed by atoms with E-state index in [1.54, 1.807) is 17.0 Å². The first-order valence-corrected chi connectivity index (χ1v) is 9.60. The molecule has 2 heterocycles. The van der Waals surface area contributed by atoms with Crippen molar-refractivity contribution in [3.8, 4) is 0 Å². The van der Waals surface area contributed by atoms with Crippen molar-refractivity contribution >= 4 is 21.6 Å². The molecule has 10 heteroatoms. The Labute approximate surface area is 149 Å². The van der Waals surface area contributed by atoms with E-state index in [1.165, 1.54) is 12.1 Å². The molecule has 1 aliphatic rings. The summed E-state index contributed by atoms with van der Waals surface area (Å²) in [7, 11) is -4.28. The molecule has 1 aromatic carbocycles. The first kappa shape index (κ1) is 17.9. The van der Waals surface area contributed by atoms with Crippen LogP contribution >= 0.6 is 0 Å². The summed E-state index contributed by atoms with van der Waals surface area (Å²) in [5.74, 6) is -0.265. The summed E-state index contributed by atoms with van der Waals surface area (Å²) in [6, 6.07) is 6.21. The molecule has 1 aliphatic heterocycles. The van der Waals surface area contributed by atoms with Crippen molar-refractivity contribution < 1.29 is 13.2 Å². The topological polar surface area (TPSA) is 132 Å². The molecule has 9 nitrogen and oxygen atoms in total. The van der Waals surface area contributed by atoms with E-state index in [4.69, 9.17) is 0 Å². The van der Waals surface area contributed by atoms with Crippen LogP contribution in [0.25, 0.3) is 0 Å². The average molecular weight is 378 g/mol. The van der Waals surface area contributed by atoms with Crippen LogP contribution in [0.3, 0.4) is 0 Å². The van der Waals surface area contributed by atoms with Gasteiger partial charge in [-0.3, -0.25) is 19.3 Å². The second-order valence-corrected chi connectivity index (χ2v) is 7.59. The zero-order valence-corrected chi connectivity index (χ0v) is 14.6. The molecule has 0 aliphatic carbocycles. The summed E-state index contributed by atoms with van der Waals surface area (Å²) in [6.07, 6.45) is 3.70. The van der Waals surface area contributed by atoms with E-state index in [2.05, 4.69) is 9.71 Å². The zero-order valence-electron chi connectivity index (χ0n) is 13.8. The first-order chi connectivity index (χ1) is 12.4. The Bertz CT molecular complexity index is 1030. The Hall–Kier alpha value is -2.88. The zero-order chi connectivity index (χ0) is 18.7. The largest absolute Gasteiger partial charge is 0.339 e. The van der Waals surface area contributed by atoms with Crippen LogP contribution in [-0.2, 0) is 10.0 Å². The van der Waals surface area contributed by atoms with E-state index < -0.39 is 26.2 Å². The van der Waals surface area contributed by atoms with Gasteiger partial charge < -0.3 is 9.88 Å². The molecule has 0 atom stereocenters. The molecule has 0 bridgehead atoms. The number of amides is 1. The van der Waals surface area contributed by atoms with Gasteiger partial charge in [0.25, 0.3) is 21.5 Å². The Kier molecular flexibility index (Phi) is 4.94. The number of benzene rings is 1. The van der Waals surface area contributed by atoms with Gasteiger partial charge in [-0.2, -0.15) is 0 Å². The molecule has 0 spiro atoms. The maximum absolute atomic E-state index is 12.7. The van der Waals surface area contributed by atoms with Gasteiger partial charge in [0.1, 0.15) is 0 Å². The Morgan fingerprint density at radius 2 is 1.77 bits per heavy atom. The predicted octanol–water partition coefficient (Wildman–Crippen LogP) is 0.490. The van der Waals surface area contributed by atoms with Crippen molar-refractivity contribution in [2.45, 2.75) is 24.2 Å². The van der Waals surface area contributed by atoms with Gasteiger partial charge in [-0.25, -0.2) is 13.2 Å². The number of rotatable bonds is 4. The van der Waals surface area contributed by atoms with E-state index in [0.717, 1.165) is 25.5 Å². The predicted molar refractivity (Wildman–Crippen MR) is 94.7 cm³/mol. The number of aromatic nitrogens is 2. The monoisotopic (exact) mass is 378 g/mol. The molecular weight excluding hydrogens is 360 g/mol. The first-order valence-electron chi connectivity index (χ1n) is 8.11. The van der Waals surface area contributed by atoms with Gasteiger partial charge in [0, 0.05) is 19.3 Å². The minimum Gasteiger partial charge on any atom is -0.339 e. The number of likely N-dealkylation sites (tertiary alicyclic amines) is 1. The summed E-state index contributed by atoms with van der Waals surface area (Å²) in [5, 5.41) is 0. The fourth-order valence-corrected chi connectivity index (χ4v) is 3.91. The van der Waals surface area contributed by atoms with Crippen LogP contribution in [-0.4, -0.2) is 42.3 Å². The maximum Gasteiger partial charge on any atom is 0.325 e. The molecular formula is C16H18N4O5S. The van der Waals surface area contributed by atoms with E-state index in [0.29, 0.717) is 13.1 Å². The number of sulfonamides is 1.